The van der Waals surface area contributed by atoms with Crippen LogP contribution in [0.5, 0.6) is 0 Å². The van der Waals surface area contributed by atoms with Crippen molar-refractivity contribution in [2.45, 2.75) is 30.9 Å². The molecular formula is C13H13NO3S. The largest absolute Gasteiger partial charge is 0.478 e. The number of oxazole rings is 1. The summed E-state index contributed by atoms with van der Waals surface area (Å²) in [6.45, 7) is 5.63. The minimum atomic E-state index is -0.919. The van der Waals surface area contributed by atoms with Crippen LogP contribution in [-0.2, 0) is 0 Å². The van der Waals surface area contributed by atoms with Crippen molar-refractivity contribution < 1.29 is 14.3 Å². The van der Waals surface area contributed by atoms with Gasteiger partial charge >= 0.3 is 5.97 Å². The maximum atomic E-state index is 10.8. The van der Waals surface area contributed by atoms with Crippen molar-refractivity contribution in [2.75, 3.05) is 0 Å². The summed E-state index contributed by atoms with van der Waals surface area (Å²) >= 11 is 1.40. The van der Waals surface area contributed by atoms with Crippen LogP contribution in [0, 0.1) is 20.8 Å². The maximum absolute atomic E-state index is 10.8. The predicted octanol–water partition coefficient (Wildman–Crippen LogP) is 3.45. The Bertz CT molecular complexity index is 585. The lowest BCUT2D eigenvalue weighted by molar-refractivity contribution is 0.0696. The van der Waals surface area contributed by atoms with E-state index in [1.54, 1.807) is 18.2 Å². The zero-order valence-electron chi connectivity index (χ0n) is 10.4. The number of nitrogens with zero attached hydrogens (tertiary/aromatic N) is 1. The first-order valence-corrected chi connectivity index (χ1v) is 6.25. The molecule has 0 radical (unpaired) electrons. The number of carbonyl (C=O) groups is 1. The monoisotopic (exact) mass is 263 g/mol. The lowest BCUT2D eigenvalue weighted by atomic mass is 10.1. The van der Waals surface area contributed by atoms with Crippen molar-refractivity contribution in [1.82, 2.24) is 4.98 Å². The summed E-state index contributed by atoms with van der Waals surface area (Å²) in [5.74, 6) is -0.116. The molecule has 5 heteroatoms. The molecule has 94 valence electrons. The van der Waals surface area contributed by atoms with Gasteiger partial charge < -0.3 is 9.52 Å². The second kappa shape index (κ2) is 4.86. The number of rotatable bonds is 3. The van der Waals surface area contributed by atoms with Crippen LogP contribution in [0.2, 0.25) is 0 Å². The lowest BCUT2D eigenvalue weighted by Gasteiger charge is -2.03. The molecule has 0 aliphatic carbocycles. The first-order valence-electron chi connectivity index (χ1n) is 5.43. The molecule has 0 saturated heterocycles. The summed E-state index contributed by atoms with van der Waals surface area (Å²) in [4.78, 5) is 16.1. The molecule has 0 saturated carbocycles. The molecule has 0 bridgehead atoms. The Morgan fingerprint density at radius 2 is 2.06 bits per heavy atom. The predicted molar refractivity (Wildman–Crippen MR) is 68.2 cm³/mol. The quantitative estimate of drug-likeness (QED) is 0.918. The third kappa shape index (κ3) is 2.56. The third-order valence-electron chi connectivity index (χ3n) is 2.63. The molecule has 0 fully saturated rings. The first kappa shape index (κ1) is 12.7. The van der Waals surface area contributed by atoms with E-state index in [1.807, 2.05) is 20.8 Å². The molecular weight excluding hydrogens is 250 g/mol. The number of carboxylic acid groups (broad SMARTS) is 1. The Kier molecular flexibility index (Phi) is 3.43. The molecule has 1 aromatic heterocycles. The van der Waals surface area contributed by atoms with Gasteiger partial charge in [-0.15, -0.1) is 0 Å². The number of aryl methyl sites for hydroxylation is 3. The normalized spacial score (nSPS) is 10.6. The lowest BCUT2D eigenvalue weighted by Crippen LogP contribution is -1.96. The van der Waals surface area contributed by atoms with E-state index in [2.05, 4.69) is 4.98 Å². The molecule has 0 spiro atoms. The van der Waals surface area contributed by atoms with Crippen molar-refractivity contribution in [2.24, 2.45) is 0 Å². The van der Waals surface area contributed by atoms with Crippen LogP contribution in [0.25, 0.3) is 0 Å². The minimum absolute atomic E-state index is 0.289. The number of hydrogen-bond acceptors (Lipinski definition) is 4. The molecule has 2 aromatic rings. The van der Waals surface area contributed by atoms with Gasteiger partial charge in [0.25, 0.3) is 5.22 Å². The van der Waals surface area contributed by atoms with Gasteiger partial charge in [-0.2, -0.15) is 0 Å². The van der Waals surface area contributed by atoms with Crippen LogP contribution in [0.4, 0.5) is 0 Å². The molecule has 0 atom stereocenters. The van der Waals surface area contributed by atoms with Gasteiger partial charge in [-0.1, -0.05) is 0 Å². The van der Waals surface area contributed by atoms with Crippen LogP contribution in [0.3, 0.4) is 0 Å². The fourth-order valence-corrected chi connectivity index (χ4v) is 2.37. The molecule has 1 aromatic carbocycles. The first-order chi connectivity index (χ1) is 8.47. The molecule has 1 heterocycles. The summed E-state index contributed by atoms with van der Waals surface area (Å²) in [6.07, 6.45) is 0. The van der Waals surface area contributed by atoms with E-state index >= 15 is 0 Å². The Labute approximate surface area is 109 Å². The van der Waals surface area contributed by atoms with E-state index in [4.69, 9.17) is 9.52 Å². The second-order valence-corrected chi connectivity index (χ2v) is 5.00. The number of aromatic carboxylic acids is 1. The van der Waals surface area contributed by atoms with Gasteiger partial charge in [-0.05, 0) is 56.3 Å². The standard InChI is InChI=1S/C13H13NO3S/c1-7-6-10(12(15)16)4-5-11(7)18-13-14-8(2)9(3)17-13/h4-6H,1-3H3,(H,15,16). The van der Waals surface area contributed by atoms with E-state index in [0.717, 1.165) is 21.9 Å². The summed E-state index contributed by atoms with van der Waals surface area (Å²) in [6, 6.07) is 5.01. The van der Waals surface area contributed by atoms with Gasteiger partial charge in [0.2, 0.25) is 0 Å². The highest BCUT2D eigenvalue weighted by Crippen LogP contribution is 2.31. The Hall–Kier alpha value is -1.75. The van der Waals surface area contributed by atoms with Crippen LogP contribution >= 0.6 is 11.8 Å². The topological polar surface area (TPSA) is 63.3 Å². The van der Waals surface area contributed by atoms with Gasteiger partial charge in [0.05, 0.1) is 11.3 Å². The zero-order chi connectivity index (χ0) is 13.3. The van der Waals surface area contributed by atoms with Crippen LogP contribution in [0.15, 0.2) is 32.7 Å². The molecule has 0 aliphatic rings. The average molecular weight is 263 g/mol. The van der Waals surface area contributed by atoms with E-state index in [-0.39, 0.29) is 5.56 Å². The molecule has 0 amide bonds. The van der Waals surface area contributed by atoms with Crippen LogP contribution in [-0.4, -0.2) is 16.1 Å². The minimum Gasteiger partial charge on any atom is -0.478 e. The number of aromatic nitrogens is 1. The molecule has 0 aliphatic heterocycles. The highest BCUT2D eigenvalue weighted by Gasteiger charge is 2.11. The number of benzene rings is 1. The maximum Gasteiger partial charge on any atom is 0.335 e. The molecule has 1 N–H and O–H groups in total. The van der Waals surface area contributed by atoms with Crippen molar-refractivity contribution in [3.8, 4) is 0 Å². The van der Waals surface area contributed by atoms with Crippen molar-refractivity contribution in [1.29, 1.82) is 0 Å². The van der Waals surface area contributed by atoms with Crippen molar-refractivity contribution in [3.05, 3.63) is 40.8 Å². The van der Waals surface area contributed by atoms with Crippen molar-refractivity contribution in [3.63, 3.8) is 0 Å². The van der Waals surface area contributed by atoms with E-state index in [0.29, 0.717) is 5.22 Å². The third-order valence-corrected chi connectivity index (χ3v) is 3.66. The number of hydrogen-bond donors (Lipinski definition) is 1. The summed E-state index contributed by atoms with van der Waals surface area (Å²) < 4.78 is 5.49. The smallest absolute Gasteiger partial charge is 0.335 e. The fraction of sp³-hybridized carbons (Fsp3) is 0.231. The van der Waals surface area contributed by atoms with Crippen LogP contribution in [0.1, 0.15) is 27.4 Å². The zero-order valence-corrected chi connectivity index (χ0v) is 11.2. The summed E-state index contributed by atoms with van der Waals surface area (Å²) in [5, 5.41) is 9.47. The molecule has 0 unspecified atom stereocenters. The summed E-state index contributed by atoms with van der Waals surface area (Å²) in [5.41, 5.74) is 2.06. The molecule has 18 heavy (non-hydrogen) atoms. The number of carboxylic acids is 1. The van der Waals surface area contributed by atoms with Gasteiger partial charge in [0.1, 0.15) is 5.76 Å². The van der Waals surface area contributed by atoms with Crippen LogP contribution < -0.4 is 0 Å². The SMILES string of the molecule is Cc1cc(C(=O)O)ccc1Sc1nc(C)c(C)o1. The fourth-order valence-electron chi connectivity index (χ4n) is 1.48. The Balaban J connectivity index is 2.27. The summed E-state index contributed by atoms with van der Waals surface area (Å²) in [7, 11) is 0. The highest BCUT2D eigenvalue weighted by atomic mass is 32.2. The molecule has 2 rings (SSSR count). The van der Waals surface area contributed by atoms with Gasteiger partial charge in [0, 0.05) is 4.90 Å². The van der Waals surface area contributed by atoms with E-state index in [1.165, 1.54) is 11.8 Å². The van der Waals surface area contributed by atoms with E-state index in [9.17, 15) is 4.79 Å². The van der Waals surface area contributed by atoms with Crippen molar-refractivity contribution >= 4 is 17.7 Å². The Morgan fingerprint density at radius 1 is 1.33 bits per heavy atom. The second-order valence-electron chi connectivity index (χ2n) is 4.01. The van der Waals surface area contributed by atoms with Gasteiger partial charge in [0.15, 0.2) is 0 Å². The molecule has 4 nitrogen and oxygen atoms in total. The average Bonchev–Trinajstić information content (AvgIpc) is 2.61. The van der Waals surface area contributed by atoms with Gasteiger partial charge in [-0.25, -0.2) is 9.78 Å². The van der Waals surface area contributed by atoms with Gasteiger partial charge in [-0.3, -0.25) is 0 Å². The highest BCUT2D eigenvalue weighted by molar-refractivity contribution is 7.99. The van der Waals surface area contributed by atoms with E-state index < -0.39 is 5.97 Å². The Morgan fingerprint density at radius 3 is 2.56 bits per heavy atom.